The molecule has 1 saturated carbocycles. The molecule has 22 nitrogen and oxygen atoms in total. The van der Waals surface area contributed by atoms with Crippen molar-refractivity contribution in [1.29, 1.82) is 0 Å². The van der Waals surface area contributed by atoms with Crippen LogP contribution < -0.4 is 21.8 Å². The number of nitrogens with one attached hydrogen (secondary N) is 2. The minimum atomic E-state index is -2.02. The minimum absolute atomic E-state index is 0. The number of carbonyl (C=O) groups is 8. The lowest BCUT2D eigenvalue weighted by atomic mass is 9.85. The summed E-state index contributed by atoms with van der Waals surface area (Å²) in [4.78, 5) is 145. The number of rotatable bonds is 26. The maximum Gasteiger partial charge on any atom is 0.355 e. The van der Waals surface area contributed by atoms with Crippen LogP contribution in [0.5, 0.6) is 0 Å². The number of esters is 4. The summed E-state index contributed by atoms with van der Waals surface area (Å²) in [5.74, 6) is -6.06. The fourth-order valence-corrected chi connectivity index (χ4v) is 15.4. The number of hydrogen-bond donors (Lipinski definition) is 2. The summed E-state index contributed by atoms with van der Waals surface area (Å²) >= 11 is 3.07. The van der Waals surface area contributed by atoms with E-state index in [2.05, 4.69) is 10.6 Å². The number of ether oxygens (including phenoxy) is 6. The Labute approximate surface area is 520 Å². The first-order chi connectivity index (χ1) is 42.4. The van der Waals surface area contributed by atoms with E-state index in [1.807, 2.05) is 67.6 Å². The number of thioether (sulfide) groups is 2. The van der Waals surface area contributed by atoms with Crippen molar-refractivity contribution in [3.05, 3.63) is 127 Å². The number of pyridine rings is 4. The van der Waals surface area contributed by atoms with Gasteiger partial charge in [-0.15, -0.1) is 0 Å². The zero-order valence-electron chi connectivity index (χ0n) is 49.1. The van der Waals surface area contributed by atoms with Crippen LogP contribution in [-0.4, -0.2) is 128 Å². The summed E-state index contributed by atoms with van der Waals surface area (Å²) < 4.78 is 36.8. The van der Waals surface area contributed by atoms with Gasteiger partial charge in [-0.1, -0.05) is 64.6 Å². The van der Waals surface area contributed by atoms with Crippen molar-refractivity contribution in [1.82, 2.24) is 29.7 Å². The van der Waals surface area contributed by atoms with Crippen molar-refractivity contribution < 1.29 is 66.8 Å². The van der Waals surface area contributed by atoms with E-state index in [9.17, 15) is 47.9 Å². The maximum absolute atomic E-state index is 14.1. The van der Waals surface area contributed by atoms with Gasteiger partial charge in [0.1, 0.15) is 39.5 Å². The molecule has 4 aliphatic heterocycles. The fraction of sp³-hybridized carbons (Fsp3) is 0.446. The summed E-state index contributed by atoms with van der Waals surface area (Å²) in [7, 11) is 0. The van der Waals surface area contributed by atoms with E-state index in [0.29, 0.717) is 40.5 Å². The molecule has 1 fully saturated rings. The van der Waals surface area contributed by atoms with Gasteiger partial charge in [-0.25, -0.2) is 19.6 Å². The first-order valence-electron chi connectivity index (χ1n) is 29.5. The van der Waals surface area contributed by atoms with Gasteiger partial charge in [0.25, 0.3) is 11.1 Å². The normalized spacial score (nSPS) is 19.7. The predicted octanol–water partition coefficient (Wildman–Crippen LogP) is 6.36. The standard InChI is InChI=1S/C64H66N6O16S2.CH4/c1-5-36(57(75)65-25-53(73)85-63(6-2)45-23-49-55-39(20-37-12-8-10-14-47(37)67-55)27-69(49)59(77)43(45)31-83-61(63)79)33-87-51-16-17-52(51)88-34-41(22-42(72)30-82-19-18-81-29-35(4)71)58(76)66-26-54(74)86-64(7-3)46-24-50-56-40(21-38-13-9-11-15-48(38)68-56)28-70(50)60(78)44(46)32-84-62(64)80;/h8-15,20-21,23-24,36,41,51-52H,5-7,16-19,22,25-34H2,1-4H3,(H,65,75)(H,66,76);1H4/t36?,41?,51?,52?,63-,64-;/m0./s1. The van der Waals surface area contributed by atoms with Crippen molar-refractivity contribution in [2.75, 3.05) is 51.0 Å². The number of benzene rings is 2. The van der Waals surface area contributed by atoms with Gasteiger partial charge in [-0.3, -0.25) is 38.4 Å². The second-order valence-electron chi connectivity index (χ2n) is 22.6. The molecule has 0 spiro atoms. The Balaban J connectivity index is 0.00000873. The Kier molecular flexibility index (Phi) is 19.4. The molecule has 0 radical (unpaired) electrons. The Bertz CT molecular complexity index is 3980. The number of aromatic nitrogens is 4. The van der Waals surface area contributed by atoms with Gasteiger partial charge in [0.15, 0.2) is 11.6 Å². The Morgan fingerprint density at radius 3 is 1.54 bits per heavy atom. The van der Waals surface area contributed by atoms with Gasteiger partial charge in [0, 0.05) is 67.4 Å². The summed E-state index contributed by atoms with van der Waals surface area (Å²) in [5, 5.41) is 7.22. The molecule has 24 heteroatoms. The molecule has 4 aromatic heterocycles. The molecule has 2 N–H and O–H groups in total. The number of fused-ring (bicyclic) bond motifs is 10. The van der Waals surface area contributed by atoms with Crippen LogP contribution >= 0.6 is 23.5 Å². The molecule has 0 bridgehead atoms. The summed E-state index contributed by atoms with van der Waals surface area (Å²) in [6, 6.07) is 22.5. The number of carbonyl (C=O) groups excluding carboxylic acids is 8. The predicted molar refractivity (Wildman–Crippen MR) is 330 cm³/mol. The summed E-state index contributed by atoms with van der Waals surface area (Å²) in [6.07, 6.45) is 1.65. The molecule has 0 saturated heterocycles. The second-order valence-corrected chi connectivity index (χ2v) is 25.1. The Morgan fingerprint density at radius 1 is 0.640 bits per heavy atom. The van der Waals surface area contributed by atoms with Crippen LogP contribution in [0.25, 0.3) is 44.6 Å². The van der Waals surface area contributed by atoms with Crippen molar-refractivity contribution >= 4 is 92.6 Å². The molecular formula is C65H70N6O16S2. The topological polar surface area (TPSA) is 286 Å². The molecule has 2 aromatic carbocycles. The number of para-hydroxylation sites is 2. The number of Topliss-reactive ketones (excluding diaryl/α,β-unsaturated/α-hetero) is 2. The van der Waals surface area contributed by atoms with Crippen LogP contribution in [0, 0.1) is 11.8 Å². The van der Waals surface area contributed by atoms with E-state index >= 15 is 0 Å². The highest BCUT2D eigenvalue weighted by Gasteiger charge is 2.52. The van der Waals surface area contributed by atoms with Crippen LogP contribution in [0.15, 0.2) is 82.4 Å². The first-order valence-corrected chi connectivity index (χ1v) is 31.6. The van der Waals surface area contributed by atoms with E-state index in [-0.39, 0.29) is 129 Å². The van der Waals surface area contributed by atoms with Gasteiger partial charge < -0.3 is 48.2 Å². The molecule has 5 aliphatic rings. The molecule has 4 unspecified atom stereocenters. The molecule has 11 rings (SSSR count). The van der Waals surface area contributed by atoms with Crippen molar-refractivity contribution in [2.45, 2.75) is 122 Å². The number of amides is 2. The summed E-state index contributed by atoms with van der Waals surface area (Å²) in [5.41, 5.74) is 1.20. The van der Waals surface area contributed by atoms with Gasteiger partial charge in [-0.05, 0) is 75.4 Å². The largest absolute Gasteiger partial charge is 0.457 e. The maximum atomic E-state index is 14.1. The van der Waals surface area contributed by atoms with Crippen LogP contribution in [-0.2, 0) is 104 Å². The average molecular weight is 1260 g/mol. The molecular weight excluding hydrogens is 1180 g/mol. The Hall–Kier alpha value is -8.06. The zero-order chi connectivity index (χ0) is 62.0. The van der Waals surface area contributed by atoms with Crippen molar-refractivity contribution in [2.24, 2.45) is 11.8 Å². The fourth-order valence-electron chi connectivity index (χ4n) is 12.0. The molecule has 2 amide bonds. The van der Waals surface area contributed by atoms with E-state index in [4.69, 9.17) is 38.4 Å². The third-order valence-corrected chi connectivity index (χ3v) is 20.3. The molecule has 6 atom stereocenters. The van der Waals surface area contributed by atoms with E-state index < -0.39 is 83.2 Å². The van der Waals surface area contributed by atoms with Gasteiger partial charge in [0.2, 0.25) is 23.0 Å². The highest BCUT2D eigenvalue weighted by molar-refractivity contribution is 8.04. The third-order valence-electron chi connectivity index (χ3n) is 17.0. The van der Waals surface area contributed by atoms with Crippen LogP contribution in [0.4, 0.5) is 0 Å². The SMILES string of the molecule is C.CCC(CSC1CCC1SCC(CC(=O)COCCOCC(C)=O)C(=O)NCC(=O)O[C@]1(CC)C(=O)OCc2c1cc1n(c2=O)Cc2cc3ccccc3nc2-1)C(=O)NCC(=O)O[C@]1(CC)C(=O)OCc2c1cc1n(c2=O)Cc2cc3ccccc3nc2-1. The smallest absolute Gasteiger partial charge is 0.355 e. The number of ketones is 2. The van der Waals surface area contributed by atoms with Crippen LogP contribution in [0.2, 0.25) is 0 Å². The molecule has 8 heterocycles. The molecule has 468 valence electrons. The summed E-state index contributed by atoms with van der Waals surface area (Å²) in [6.45, 7) is 4.84. The van der Waals surface area contributed by atoms with Crippen molar-refractivity contribution in [3.63, 3.8) is 0 Å². The average Bonchev–Trinajstić information content (AvgIpc) is 1.71. The lowest BCUT2D eigenvalue weighted by Crippen LogP contribution is -2.49. The lowest BCUT2D eigenvalue weighted by molar-refractivity contribution is -0.189. The quantitative estimate of drug-likeness (QED) is 0.0338. The number of hydrogen-bond acceptors (Lipinski definition) is 20. The van der Waals surface area contributed by atoms with Crippen LogP contribution in [0.1, 0.15) is 107 Å². The number of cyclic esters (lactones) is 2. The highest BCUT2D eigenvalue weighted by Crippen LogP contribution is 2.45. The lowest BCUT2D eigenvalue weighted by Gasteiger charge is -2.37. The Morgan fingerprint density at radius 2 is 1.09 bits per heavy atom. The zero-order valence-corrected chi connectivity index (χ0v) is 50.7. The van der Waals surface area contributed by atoms with E-state index in [1.165, 1.54) is 18.7 Å². The minimum Gasteiger partial charge on any atom is -0.457 e. The monoisotopic (exact) mass is 1250 g/mol. The molecule has 89 heavy (non-hydrogen) atoms. The van der Waals surface area contributed by atoms with Crippen molar-refractivity contribution in [3.8, 4) is 22.8 Å². The van der Waals surface area contributed by atoms with Crippen LogP contribution in [0.3, 0.4) is 0 Å². The highest BCUT2D eigenvalue weighted by atomic mass is 32.2. The van der Waals surface area contributed by atoms with Gasteiger partial charge in [-0.2, -0.15) is 23.5 Å². The van der Waals surface area contributed by atoms with Gasteiger partial charge in [0.05, 0.1) is 77.2 Å². The third kappa shape index (κ3) is 12.6. The van der Waals surface area contributed by atoms with Gasteiger partial charge >= 0.3 is 23.9 Å². The van der Waals surface area contributed by atoms with E-state index in [0.717, 1.165) is 40.3 Å². The number of nitrogens with zero attached hydrogens (tertiary/aromatic N) is 4. The second kappa shape index (κ2) is 27.0. The molecule has 6 aromatic rings. The van der Waals surface area contributed by atoms with E-state index in [1.54, 1.807) is 46.9 Å². The molecule has 1 aliphatic carbocycles. The first kappa shape index (κ1) is 63.9.